The minimum atomic E-state index is -1.20. The number of likely N-dealkylation sites (tertiary alicyclic amines) is 1. The Morgan fingerprint density at radius 3 is 2.23 bits per heavy atom. The molecule has 3 amide bonds. The van der Waals surface area contributed by atoms with E-state index < -0.39 is 35.1 Å². The Hall–Kier alpha value is -3.17. The van der Waals surface area contributed by atoms with E-state index >= 15 is 0 Å². The summed E-state index contributed by atoms with van der Waals surface area (Å²) in [5.74, 6) is -2.40. The minimum absolute atomic E-state index is 0.0707. The molecule has 3 saturated heterocycles. The molecule has 0 saturated carbocycles. The number of aliphatic hydroxyl groups is 1. The molecule has 1 aromatic carbocycles. The van der Waals surface area contributed by atoms with Crippen molar-refractivity contribution in [3.8, 4) is 0 Å². The lowest BCUT2D eigenvalue weighted by Crippen LogP contribution is -2.58. The summed E-state index contributed by atoms with van der Waals surface area (Å²) >= 11 is 0. The molecule has 0 radical (unpaired) electrons. The van der Waals surface area contributed by atoms with Crippen LogP contribution in [0.5, 0.6) is 0 Å². The highest BCUT2D eigenvalue weighted by atomic mass is 16.5. The summed E-state index contributed by atoms with van der Waals surface area (Å²) in [6.45, 7) is 22.2. The van der Waals surface area contributed by atoms with Gasteiger partial charge in [-0.2, -0.15) is 0 Å². The van der Waals surface area contributed by atoms with E-state index in [0.717, 1.165) is 25.2 Å². The maximum Gasteiger partial charge on any atom is 0.253 e. The van der Waals surface area contributed by atoms with E-state index in [-0.39, 0.29) is 36.8 Å². The average Bonchev–Trinajstić information content (AvgIpc) is 3.52. The lowest BCUT2D eigenvalue weighted by Gasteiger charge is -2.39. The van der Waals surface area contributed by atoms with E-state index in [9.17, 15) is 19.5 Å². The van der Waals surface area contributed by atoms with E-state index in [1.165, 1.54) is 4.90 Å². The summed E-state index contributed by atoms with van der Waals surface area (Å²) < 4.78 is 6.90. The summed E-state index contributed by atoms with van der Waals surface area (Å²) in [5.41, 5.74) is -0.364. The molecule has 3 heterocycles. The number of benzene rings is 1. The van der Waals surface area contributed by atoms with Crippen LogP contribution in [0.1, 0.15) is 54.4 Å². The molecular weight excluding hydrogens is 544 g/mol. The van der Waals surface area contributed by atoms with Crippen molar-refractivity contribution in [2.75, 3.05) is 49.1 Å². The Kier molecular flexibility index (Phi) is 9.76. The Balaban J connectivity index is 1.81. The molecule has 3 fully saturated rings. The molecule has 9 heteroatoms. The number of rotatable bonds is 14. The first-order valence-electron chi connectivity index (χ1n) is 15.8. The van der Waals surface area contributed by atoms with Crippen molar-refractivity contribution in [2.45, 2.75) is 77.7 Å². The molecule has 4 rings (SSSR count). The molecular formula is C34H50N4O5. The fourth-order valence-corrected chi connectivity index (χ4v) is 7.84. The molecule has 3 unspecified atom stereocenters. The fourth-order valence-electron chi connectivity index (χ4n) is 7.84. The van der Waals surface area contributed by atoms with Crippen molar-refractivity contribution in [3.05, 3.63) is 49.6 Å². The van der Waals surface area contributed by atoms with Crippen molar-refractivity contribution >= 4 is 29.1 Å². The first-order chi connectivity index (χ1) is 20.5. The van der Waals surface area contributed by atoms with E-state index in [4.69, 9.17) is 4.74 Å². The summed E-state index contributed by atoms with van der Waals surface area (Å²) in [6, 6.07) is 6.19. The number of hydrogen-bond donors (Lipinski definition) is 1. The monoisotopic (exact) mass is 594 g/mol. The highest BCUT2D eigenvalue weighted by Crippen LogP contribution is 2.65. The van der Waals surface area contributed by atoms with Gasteiger partial charge in [-0.15, -0.1) is 13.2 Å². The van der Waals surface area contributed by atoms with Crippen LogP contribution in [-0.4, -0.2) is 95.2 Å². The smallest absolute Gasteiger partial charge is 0.253 e. The second-order valence-electron chi connectivity index (χ2n) is 12.5. The van der Waals surface area contributed by atoms with Crippen molar-refractivity contribution in [2.24, 2.45) is 17.8 Å². The molecule has 2 bridgehead atoms. The fraction of sp³-hybridized carbons (Fsp3) is 0.618. The molecule has 0 aliphatic carbocycles. The van der Waals surface area contributed by atoms with Gasteiger partial charge in [0.1, 0.15) is 11.6 Å². The van der Waals surface area contributed by atoms with Crippen LogP contribution in [0.15, 0.2) is 49.6 Å². The van der Waals surface area contributed by atoms with E-state index in [2.05, 4.69) is 31.9 Å². The second kappa shape index (κ2) is 12.8. The summed E-state index contributed by atoms with van der Waals surface area (Å²) in [7, 11) is 0. The number of anilines is 2. The van der Waals surface area contributed by atoms with Gasteiger partial charge in [0.25, 0.3) is 5.91 Å². The van der Waals surface area contributed by atoms with Gasteiger partial charge in [-0.1, -0.05) is 26.0 Å². The van der Waals surface area contributed by atoms with Crippen LogP contribution in [0.3, 0.4) is 0 Å². The van der Waals surface area contributed by atoms with Crippen molar-refractivity contribution < 1.29 is 24.2 Å². The molecule has 0 aromatic heterocycles. The molecule has 9 nitrogen and oxygen atoms in total. The van der Waals surface area contributed by atoms with Gasteiger partial charge < -0.3 is 29.4 Å². The summed E-state index contributed by atoms with van der Waals surface area (Å²) in [4.78, 5) is 50.6. The predicted octanol–water partition coefficient (Wildman–Crippen LogP) is 3.87. The van der Waals surface area contributed by atoms with Crippen LogP contribution < -0.4 is 9.80 Å². The van der Waals surface area contributed by atoms with Gasteiger partial charge in [0.2, 0.25) is 11.8 Å². The first kappa shape index (κ1) is 32.7. The van der Waals surface area contributed by atoms with Crippen LogP contribution in [-0.2, 0) is 19.1 Å². The third kappa shape index (κ3) is 5.18. The van der Waals surface area contributed by atoms with Gasteiger partial charge in [-0.25, -0.2) is 0 Å². The molecule has 236 valence electrons. The van der Waals surface area contributed by atoms with Crippen LogP contribution in [0.2, 0.25) is 0 Å². The topological polar surface area (TPSA) is 93.6 Å². The number of hydrogen-bond acceptors (Lipinski definition) is 6. The largest absolute Gasteiger partial charge is 0.394 e. The van der Waals surface area contributed by atoms with E-state index in [1.807, 2.05) is 45.0 Å². The highest BCUT2D eigenvalue weighted by Gasteiger charge is 2.80. The molecule has 43 heavy (non-hydrogen) atoms. The van der Waals surface area contributed by atoms with Gasteiger partial charge in [0.15, 0.2) is 0 Å². The maximum absolute atomic E-state index is 14.8. The van der Waals surface area contributed by atoms with Gasteiger partial charge in [-0.05, 0) is 70.7 Å². The minimum Gasteiger partial charge on any atom is -0.394 e. The number of amides is 3. The average molecular weight is 595 g/mol. The molecule has 3 aliphatic rings. The predicted molar refractivity (Wildman–Crippen MR) is 170 cm³/mol. The molecule has 7 atom stereocenters. The Bertz CT molecular complexity index is 1220. The Morgan fingerprint density at radius 2 is 1.70 bits per heavy atom. The number of aliphatic hydroxyl groups excluding tert-OH is 1. The van der Waals surface area contributed by atoms with Crippen molar-refractivity contribution in [1.82, 2.24) is 9.80 Å². The number of carbonyl (C=O) groups excluding carboxylic acids is 3. The number of nitrogens with zero attached hydrogens (tertiary/aromatic N) is 4. The lowest BCUT2D eigenvalue weighted by molar-refractivity contribution is -0.153. The maximum atomic E-state index is 14.8. The number of ether oxygens (including phenoxy) is 1. The van der Waals surface area contributed by atoms with Crippen LogP contribution in [0.4, 0.5) is 11.4 Å². The van der Waals surface area contributed by atoms with Gasteiger partial charge in [0, 0.05) is 44.1 Å². The van der Waals surface area contributed by atoms with Crippen LogP contribution in [0.25, 0.3) is 0 Å². The zero-order valence-corrected chi connectivity index (χ0v) is 26.8. The van der Waals surface area contributed by atoms with Gasteiger partial charge in [0.05, 0.1) is 30.1 Å². The van der Waals surface area contributed by atoms with Crippen LogP contribution in [0, 0.1) is 17.8 Å². The molecule has 1 N–H and O–H groups in total. The lowest BCUT2D eigenvalue weighted by atomic mass is 9.62. The van der Waals surface area contributed by atoms with Crippen LogP contribution >= 0.6 is 0 Å². The molecule has 1 aromatic rings. The summed E-state index contributed by atoms with van der Waals surface area (Å²) in [6.07, 6.45) is 4.60. The second-order valence-corrected chi connectivity index (χ2v) is 12.5. The first-order valence-corrected chi connectivity index (χ1v) is 15.8. The van der Waals surface area contributed by atoms with Gasteiger partial charge in [-0.3, -0.25) is 14.4 Å². The standard InChI is InChI=1S/C34H50N4O5/c1-9-18-36(19-10-2)30(40)27-28-31(41)38(24(7)22-39)29(34(28)21-23(6)33(27,8)43-34)32(42)37(20-11-3)26-16-14-25(15-17-26)35(12-4)13-5/h9,11,14-17,23-24,27-29,39H,1,3,10,12-13,18-22H2,2,4-8H3/t23?,24-,27+,28+,29?,33-,34?/m1/s1. The summed E-state index contributed by atoms with van der Waals surface area (Å²) in [5, 5.41) is 10.3. The Morgan fingerprint density at radius 1 is 1.09 bits per heavy atom. The quantitative estimate of drug-likeness (QED) is 0.329. The van der Waals surface area contributed by atoms with E-state index in [1.54, 1.807) is 28.9 Å². The normalized spacial score (nSPS) is 29.7. The van der Waals surface area contributed by atoms with Gasteiger partial charge >= 0.3 is 0 Å². The SMILES string of the molecule is C=CCN(CCC)C(=O)[C@@H]1[C@H]2C(=O)N([C@H](C)CO)C(C(=O)N(CC=C)c3ccc(N(CC)CC)cc3)C23CC(C)[C@@]1(C)O3. The number of carbonyl (C=O) groups is 3. The molecule has 1 spiro atoms. The zero-order valence-electron chi connectivity index (χ0n) is 26.8. The number of fused-ring (bicyclic) bond motifs is 1. The third-order valence-electron chi connectivity index (χ3n) is 10.0. The molecule has 3 aliphatic heterocycles. The van der Waals surface area contributed by atoms with Crippen molar-refractivity contribution in [1.29, 1.82) is 0 Å². The highest BCUT2D eigenvalue weighted by molar-refractivity contribution is 6.05. The van der Waals surface area contributed by atoms with Crippen molar-refractivity contribution in [3.63, 3.8) is 0 Å². The Labute approximate surface area is 257 Å². The van der Waals surface area contributed by atoms with E-state index in [0.29, 0.717) is 25.2 Å². The zero-order chi connectivity index (χ0) is 31.7. The third-order valence-corrected chi connectivity index (χ3v) is 10.0.